The lowest BCUT2D eigenvalue weighted by Crippen LogP contribution is -2.22. The van der Waals surface area contributed by atoms with Crippen LogP contribution in [0.4, 0.5) is 5.82 Å². The summed E-state index contributed by atoms with van der Waals surface area (Å²) in [6.07, 6.45) is 3.58. The van der Waals surface area contributed by atoms with E-state index in [-0.39, 0.29) is 5.75 Å². The fourth-order valence-electron chi connectivity index (χ4n) is 3.61. The van der Waals surface area contributed by atoms with Crippen LogP contribution in [0.25, 0.3) is 22.0 Å². The fraction of sp³-hybridized carbons (Fsp3) is 0.286. The molecule has 0 unspecified atom stereocenters. The first kappa shape index (κ1) is 18.2. The average molecular weight is 377 g/mol. The van der Waals surface area contributed by atoms with Crippen molar-refractivity contribution in [3.05, 3.63) is 47.3 Å². The molecule has 0 spiro atoms. The normalized spacial score (nSPS) is 13.8. The van der Waals surface area contributed by atoms with Gasteiger partial charge in [-0.3, -0.25) is 4.98 Å². The summed E-state index contributed by atoms with van der Waals surface area (Å²) in [6, 6.07) is 5.61. The van der Waals surface area contributed by atoms with Crippen LogP contribution in [0.1, 0.15) is 16.7 Å². The minimum absolute atomic E-state index is 0.234. The van der Waals surface area contributed by atoms with Gasteiger partial charge >= 0.3 is 0 Å². The lowest BCUT2D eigenvalue weighted by molar-refractivity contribution is 0.214. The summed E-state index contributed by atoms with van der Waals surface area (Å²) in [5.41, 5.74) is 6.13. The molecule has 0 bridgehead atoms. The van der Waals surface area contributed by atoms with Gasteiger partial charge in [-0.25, -0.2) is 4.98 Å². The summed E-state index contributed by atoms with van der Waals surface area (Å²) in [4.78, 5) is 16.4. The monoisotopic (exact) mass is 377 g/mol. The van der Waals surface area contributed by atoms with Crippen LogP contribution >= 0.6 is 0 Å². The minimum atomic E-state index is 0.234. The number of fused-ring (bicyclic) bond motifs is 5. The Bertz CT molecular complexity index is 1090. The van der Waals surface area contributed by atoms with Gasteiger partial charge in [0.05, 0.1) is 11.1 Å². The number of pyridine rings is 2. The Morgan fingerprint density at radius 3 is 2.75 bits per heavy atom. The van der Waals surface area contributed by atoms with Gasteiger partial charge in [0.15, 0.2) is 0 Å². The van der Waals surface area contributed by atoms with Crippen molar-refractivity contribution in [3.8, 4) is 16.9 Å². The Labute approximate surface area is 163 Å². The van der Waals surface area contributed by atoms with E-state index in [0.717, 1.165) is 57.6 Å². The highest BCUT2D eigenvalue weighted by molar-refractivity contribution is 6.30. The Morgan fingerprint density at radius 2 is 2.00 bits per heavy atom. The topological polar surface area (TPSA) is 82.9 Å². The number of nitrogens with zero attached hydrogens (tertiary/aromatic N) is 4. The van der Waals surface area contributed by atoms with Crippen LogP contribution in [0.5, 0.6) is 5.75 Å². The standard InChI is InChI=1S/C21H23N5O2/c1-12-16(27)6-5-14-17-13-7-8-22-11-15(13)20(25-28-4)18(17)21(24-19(12)14)23-9-10-26(2)3/h5-8,11,27H,9-10H2,1-4H3,(H,23,24)/b25-20+. The third kappa shape index (κ3) is 2.84. The van der Waals surface area contributed by atoms with Gasteiger partial charge in [0.1, 0.15) is 24.4 Å². The zero-order valence-electron chi connectivity index (χ0n) is 16.4. The molecule has 0 saturated carbocycles. The molecule has 3 aromatic rings. The van der Waals surface area contributed by atoms with Crippen LogP contribution in [-0.2, 0) is 4.84 Å². The molecule has 144 valence electrons. The third-order valence-corrected chi connectivity index (χ3v) is 5.00. The smallest absolute Gasteiger partial charge is 0.137 e. The van der Waals surface area contributed by atoms with Crippen molar-refractivity contribution in [2.75, 3.05) is 39.6 Å². The van der Waals surface area contributed by atoms with Crippen LogP contribution in [0.15, 0.2) is 35.7 Å². The second-order valence-electron chi connectivity index (χ2n) is 7.09. The maximum absolute atomic E-state index is 10.2. The van der Waals surface area contributed by atoms with E-state index >= 15 is 0 Å². The molecule has 0 atom stereocenters. The highest BCUT2D eigenvalue weighted by Crippen LogP contribution is 2.45. The van der Waals surface area contributed by atoms with Crippen molar-refractivity contribution >= 4 is 22.4 Å². The van der Waals surface area contributed by atoms with Crippen molar-refractivity contribution in [2.45, 2.75) is 6.92 Å². The number of nitrogens with one attached hydrogen (secondary N) is 1. The fourth-order valence-corrected chi connectivity index (χ4v) is 3.61. The zero-order valence-corrected chi connectivity index (χ0v) is 16.4. The molecular formula is C21H23N5O2. The molecule has 0 fully saturated rings. The van der Waals surface area contributed by atoms with E-state index in [2.05, 4.69) is 20.4 Å². The highest BCUT2D eigenvalue weighted by atomic mass is 16.6. The van der Waals surface area contributed by atoms with Crippen LogP contribution < -0.4 is 5.32 Å². The number of phenols is 1. The van der Waals surface area contributed by atoms with Gasteiger partial charge in [-0.2, -0.15) is 0 Å². The number of aromatic nitrogens is 2. The number of likely N-dealkylation sites (N-methyl/N-ethyl adjacent to an activating group) is 1. The van der Waals surface area contributed by atoms with E-state index in [4.69, 9.17) is 9.82 Å². The number of hydrogen-bond donors (Lipinski definition) is 2. The first-order valence-electron chi connectivity index (χ1n) is 9.14. The van der Waals surface area contributed by atoms with Crippen molar-refractivity contribution < 1.29 is 9.94 Å². The predicted molar refractivity (Wildman–Crippen MR) is 111 cm³/mol. The van der Waals surface area contributed by atoms with E-state index in [1.165, 1.54) is 7.11 Å². The third-order valence-electron chi connectivity index (χ3n) is 5.00. The first-order chi connectivity index (χ1) is 13.5. The molecule has 1 aliphatic carbocycles. The molecule has 4 rings (SSSR count). The number of hydrogen-bond acceptors (Lipinski definition) is 7. The molecule has 0 radical (unpaired) electrons. The molecule has 2 aromatic heterocycles. The molecule has 7 nitrogen and oxygen atoms in total. The molecule has 0 aliphatic heterocycles. The molecule has 2 heterocycles. The van der Waals surface area contributed by atoms with E-state index < -0.39 is 0 Å². The number of benzene rings is 1. The molecule has 0 saturated heterocycles. The molecule has 1 aliphatic rings. The van der Waals surface area contributed by atoms with E-state index in [9.17, 15) is 5.11 Å². The summed E-state index contributed by atoms with van der Waals surface area (Å²) in [5, 5.41) is 18.9. The average Bonchev–Trinajstić information content (AvgIpc) is 3.00. The number of phenolic OH excluding ortho intramolecular Hbond substituents is 1. The summed E-state index contributed by atoms with van der Waals surface area (Å²) < 4.78 is 0. The minimum Gasteiger partial charge on any atom is -0.508 e. The summed E-state index contributed by atoms with van der Waals surface area (Å²) in [7, 11) is 5.60. The first-order valence-corrected chi connectivity index (χ1v) is 9.14. The lowest BCUT2D eigenvalue weighted by atomic mass is 9.99. The second kappa shape index (κ2) is 7.09. The Hall–Kier alpha value is -3.19. The van der Waals surface area contributed by atoms with Gasteiger partial charge in [0, 0.05) is 47.6 Å². The molecular weight excluding hydrogens is 354 g/mol. The number of rotatable bonds is 5. The van der Waals surface area contributed by atoms with Crippen molar-refractivity contribution in [2.24, 2.45) is 5.16 Å². The molecule has 1 aromatic carbocycles. The lowest BCUT2D eigenvalue weighted by Gasteiger charge is -2.16. The van der Waals surface area contributed by atoms with Gasteiger partial charge in [-0.1, -0.05) is 5.16 Å². The number of oxime groups is 1. The van der Waals surface area contributed by atoms with Gasteiger partial charge < -0.3 is 20.2 Å². The molecule has 2 N–H and O–H groups in total. The van der Waals surface area contributed by atoms with Crippen molar-refractivity contribution in [1.29, 1.82) is 0 Å². The second-order valence-corrected chi connectivity index (χ2v) is 7.09. The Kier molecular flexibility index (Phi) is 4.60. The van der Waals surface area contributed by atoms with Gasteiger partial charge in [-0.05, 0) is 44.8 Å². The van der Waals surface area contributed by atoms with Crippen LogP contribution in [-0.4, -0.2) is 60.0 Å². The quantitative estimate of drug-likeness (QED) is 0.520. The highest BCUT2D eigenvalue weighted by Gasteiger charge is 2.32. The molecule has 28 heavy (non-hydrogen) atoms. The van der Waals surface area contributed by atoms with Crippen LogP contribution in [0.2, 0.25) is 0 Å². The summed E-state index contributed by atoms with van der Waals surface area (Å²) >= 11 is 0. The van der Waals surface area contributed by atoms with Gasteiger partial charge in [0.2, 0.25) is 0 Å². The predicted octanol–water partition coefficient (Wildman–Crippen LogP) is 3.00. The summed E-state index contributed by atoms with van der Waals surface area (Å²) in [5.74, 6) is 0.961. The van der Waals surface area contributed by atoms with E-state index in [1.807, 2.05) is 33.2 Å². The van der Waals surface area contributed by atoms with E-state index in [0.29, 0.717) is 5.71 Å². The van der Waals surface area contributed by atoms with Crippen molar-refractivity contribution in [3.63, 3.8) is 0 Å². The SMILES string of the molecule is CO/N=C1\c2cnccc2-c2c1c(NCCN(C)C)nc1c(C)c(O)ccc21. The Balaban J connectivity index is 2.03. The van der Waals surface area contributed by atoms with Gasteiger partial charge in [-0.15, -0.1) is 0 Å². The zero-order chi connectivity index (χ0) is 19.8. The number of aromatic hydroxyl groups is 1. The number of aryl methyl sites for hydroxylation is 1. The molecule has 0 amide bonds. The largest absolute Gasteiger partial charge is 0.508 e. The van der Waals surface area contributed by atoms with Crippen LogP contribution in [0.3, 0.4) is 0 Å². The number of anilines is 1. The Morgan fingerprint density at radius 1 is 1.18 bits per heavy atom. The van der Waals surface area contributed by atoms with Crippen molar-refractivity contribution in [1.82, 2.24) is 14.9 Å². The summed E-state index contributed by atoms with van der Waals surface area (Å²) in [6.45, 7) is 3.47. The van der Waals surface area contributed by atoms with Gasteiger partial charge in [0.25, 0.3) is 0 Å². The maximum Gasteiger partial charge on any atom is 0.137 e. The van der Waals surface area contributed by atoms with E-state index in [1.54, 1.807) is 18.5 Å². The molecule has 7 heteroatoms. The maximum atomic E-state index is 10.2. The van der Waals surface area contributed by atoms with Crippen LogP contribution in [0, 0.1) is 6.92 Å².